The maximum atomic E-state index is 3.76. The van der Waals surface area contributed by atoms with Gasteiger partial charge in [-0.25, -0.2) is 0 Å². The Morgan fingerprint density at radius 1 is 1.27 bits per heavy atom. The van der Waals surface area contributed by atoms with Crippen LogP contribution >= 0.6 is 0 Å². The molecule has 0 saturated heterocycles. The van der Waals surface area contributed by atoms with Gasteiger partial charge < -0.3 is 0 Å². The van der Waals surface area contributed by atoms with E-state index in [0.717, 1.165) is 0 Å². The van der Waals surface area contributed by atoms with Crippen molar-refractivity contribution in [2.45, 2.75) is 53.9 Å². The van der Waals surface area contributed by atoms with Crippen molar-refractivity contribution in [3.63, 3.8) is 0 Å². The van der Waals surface area contributed by atoms with Gasteiger partial charge in [-0.05, 0) is 43.3 Å². The van der Waals surface area contributed by atoms with Crippen molar-refractivity contribution in [3.8, 4) is 0 Å². The molecule has 0 aromatic heterocycles. The summed E-state index contributed by atoms with van der Waals surface area (Å²) in [5, 5.41) is 0. The summed E-state index contributed by atoms with van der Waals surface area (Å²) in [5.74, 6) is 0.682. The molecule has 1 rings (SSSR count). The van der Waals surface area contributed by atoms with Gasteiger partial charge in [-0.15, -0.1) is 0 Å². The fourth-order valence-electron chi connectivity index (χ4n) is 1.89. The van der Waals surface area contributed by atoms with Crippen LogP contribution in [0.25, 0.3) is 0 Å². The van der Waals surface area contributed by atoms with Crippen LogP contribution in [0.5, 0.6) is 0 Å². The van der Waals surface area contributed by atoms with Crippen molar-refractivity contribution >= 4 is 0 Å². The molecular formula is C15H26. The first-order chi connectivity index (χ1) is 7.16. The minimum atomic E-state index is 0.682. The maximum absolute atomic E-state index is 3.76. The SMILES string of the molecule is C=C/C=C1/CCC/C1=C(/C)C(C)C.CC. The summed E-state index contributed by atoms with van der Waals surface area (Å²) in [5.41, 5.74) is 4.67. The van der Waals surface area contributed by atoms with Crippen molar-refractivity contribution in [1.82, 2.24) is 0 Å². The number of rotatable bonds is 2. The monoisotopic (exact) mass is 206 g/mol. The molecule has 0 spiro atoms. The molecule has 0 N–H and O–H groups in total. The molecule has 0 atom stereocenters. The van der Waals surface area contributed by atoms with Crippen molar-refractivity contribution < 1.29 is 0 Å². The van der Waals surface area contributed by atoms with Gasteiger partial charge in [-0.1, -0.05) is 52.0 Å². The van der Waals surface area contributed by atoms with Gasteiger partial charge >= 0.3 is 0 Å². The molecule has 0 amide bonds. The van der Waals surface area contributed by atoms with Gasteiger partial charge in [-0.2, -0.15) is 0 Å². The third kappa shape index (κ3) is 4.07. The molecular weight excluding hydrogens is 180 g/mol. The lowest BCUT2D eigenvalue weighted by Crippen LogP contribution is -1.94. The molecule has 0 bridgehead atoms. The zero-order valence-corrected chi connectivity index (χ0v) is 11.1. The van der Waals surface area contributed by atoms with Crippen molar-refractivity contribution in [1.29, 1.82) is 0 Å². The van der Waals surface area contributed by atoms with Gasteiger partial charge in [0.15, 0.2) is 0 Å². The fourth-order valence-corrected chi connectivity index (χ4v) is 1.89. The first-order valence-corrected chi connectivity index (χ1v) is 6.18. The molecule has 0 aromatic carbocycles. The van der Waals surface area contributed by atoms with E-state index in [0.29, 0.717) is 5.92 Å². The number of allylic oxidation sites excluding steroid dienone is 5. The Morgan fingerprint density at radius 3 is 2.33 bits per heavy atom. The summed E-state index contributed by atoms with van der Waals surface area (Å²) in [6.07, 6.45) is 7.91. The molecule has 15 heavy (non-hydrogen) atoms. The second-order valence-corrected chi connectivity index (χ2v) is 4.10. The van der Waals surface area contributed by atoms with Gasteiger partial charge in [0, 0.05) is 0 Å². The van der Waals surface area contributed by atoms with E-state index in [2.05, 4.69) is 33.4 Å². The third-order valence-corrected chi connectivity index (χ3v) is 2.92. The van der Waals surface area contributed by atoms with E-state index in [-0.39, 0.29) is 0 Å². The third-order valence-electron chi connectivity index (χ3n) is 2.92. The Bertz CT molecular complexity index is 251. The summed E-state index contributed by atoms with van der Waals surface area (Å²) in [6, 6.07) is 0. The first kappa shape index (κ1) is 14.2. The molecule has 0 aromatic rings. The Hall–Kier alpha value is -0.780. The van der Waals surface area contributed by atoms with Crippen LogP contribution in [0.3, 0.4) is 0 Å². The van der Waals surface area contributed by atoms with Crippen LogP contribution in [0.4, 0.5) is 0 Å². The van der Waals surface area contributed by atoms with E-state index in [4.69, 9.17) is 0 Å². The van der Waals surface area contributed by atoms with Crippen LogP contribution in [0.15, 0.2) is 35.5 Å². The summed E-state index contributed by atoms with van der Waals surface area (Å²) in [4.78, 5) is 0. The van der Waals surface area contributed by atoms with E-state index < -0.39 is 0 Å². The van der Waals surface area contributed by atoms with E-state index in [9.17, 15) is 0 Å². The predicted octanol–water partition coefficient (Wildman–Crippen LogP) is 5.28. The second-order valence-electron chi connectivity index (χ2n) is 4.10. The van der Waals surface area contributed by atoms with E-state index in [1.807, 2.05) is 19.9 Å². The lowest BCUT2D eigenvalue weighted by molar-refractivity contribution is 0.753. The fraction of sp³-hybridized carbons (Fsp3) is 0.600. The van der Waals surface area contributed by atoms with Crippen LogP contribution in [0.1, 0.15) is 53.9 Å². The molecule has 0 radical (unpaired) electrons. The average molecular weight is 206 g/mol. The predicted molar refractivity (Wildman–Crippen MR) is 71.0 cm³/mol. The highest BCUT2D eigenvalue weighted by Crippen LogP contribution is 2.34. The molecule has 1 aliphatic carbocycles. The summed E-state index contributed by atoms with van der Waals surface area (Å²) >= 11 is 0. The summed E-state index contributed by atoms with van der Waals surface area (Å²) in [7, 11) is 0. The van der Waals surface area contributed by atoms with Crippen molar-refractivity contribution in [2.24, 2.45) is 5.92 Å². The Labute approximate surface area is 95.8 Å². The highest BCUT2D eigenvalue weighted by Gasteiger charge is 2.16. The standard InChI is InChI=1S/C13H20.C2H6/c1-5-7-12-8-6-9-13(12)11(4)10(2)3;1-2/h5,7,10H,1,6,8-9H2,2-4H3;1-2H3/b12-7-,13-11+;. The maximum Gasteiger partial charge on any atom is -0.0257 e. The zero-order chi connectivity index (χ0) is 11.8. The molecule has 0 heteroatoms. The van der Waals surface area contributed by atoms with E-state index >= 15 is 0 Å². The lowest BCUT2D eigenvalue weighted by atomic mass is 9.95. The van der Waals surface area contributed by atoms with Crippen LogP contribution in [-0.2, 0) is 0 Å². The van der Waals surface area contributed by atoms with Crippen LogP contribution in [-0.4, -0.2) is 0 Å². The molecule has 86 valence electrons. The topological polar surface area (TPSA) is 0 Å². The number of hydrogen-bond donors (Lipinski definition) is 0. The quantitative estimate of drug-likeness (QED) is 0.576. The minimum absolute atomic E-state index is 0.682. The van der Waals surface area contributed by atoms with E-state index in [1.165, 1.54) is 24.8 Å². The van der Waals surface area contributed by atoms with Crippen molar-refractivity contribution in [3.05, 3.63) is 35.5 Å². The molecule has 0 unspecified atom stereocenters. The van der Waals surface area contributed by atoms with Gasteiger partial charge in [0.2, 0.25) is 0 Å². The number of hydrogen-bond acceptors (Lipinski definition) is 0. The highest BCUT2D eigenvalue weighted by atomic mass is 14.2. The lowest BCUT2D eigenvalue weighted by Gasteiger charge is -2.11. The molecule has 0 heterocycles. The van der Waals surface area contributed by atoms with Crippen LogP contribution in [0, 0.1) is 5.92 Å². The Balaban J connectivity index is 0.000000921. The first-order valence-electron chi connectivity index (χ1n) is 6.18. The van der Waals surface area contributed by atoms with Crippen LogP contribution < -0.4 is 0 Å². The molecule has 1 saturated carbocycles. The summed E-state index contributed by atoms with van der Waals surface area (Å²) in [6.45, 7) is 14.6. The summed E-state index contributed by atoms with van der Waals surface area (Å²) < 4.78 is 0. The van der Waals surface area contributed by atoms with Gasteiger partial charge in [0.25, 0.3) is 0 Å². The molecule has 1 fully saturated rings. The van der Waals surface area contributed by atoms with E-state index in [1.54, 1.807) is 11.1 Å². The normalized spacial score (nSPS) is 21.3. The van der Waals surface area contributed by atoms with Gasteiger partial charge in [0.1, 0.15) is 0 Å². The molecule has 1 aliphatic rings. The van der Waals surface area contributed by atoms with Crippen molar-refractivity contribution in [2.75, 3.05) is 0 Å². The van der Waals surface area contributed by atoms with Gasteiger partial charge in [0.05, 0.1) is 0 Å². The molecule has 0 aliphatic heterocycles. The smallest absolute Gasteiger partial charge is 0.0257 e. The molecule has 0 nitrogen and oxygen atoms in total. The zero-order valence-electron chi connectivity index (χ0n) is 11.1. The average Bonchev–Trinajstić information content (AvgIpc) is 2.68. The Kier molecular flexibility index (Phi) is 7.11. The largest absolute Gasteiger partial charge is 0.0991 e. The highest BCUT2D eigenvalue weighted by molar-refractivity contribution is 5.40. The van der Waals surface area contributed by atoms with Crippen LogP contribution in [0.2, 0.25) is 0 Å². The Morgan fingerprint density at radius 2 is 1.87 bits per heavy atom. The van der Waals surface area contributed by atoms with Gasteiger partial charge in [-0.3, -0.25) is 0 Å². The second kappa shape index (κ2) is 7.50. The minimum Gasteiger partial charge on any atom is -0.0991 e.